The van der Waals surface area contributed by atoms with Crippen LogP contribution in [0.1, 0.15) is 4.88 Å². The fraction of sp³-hybridized carbons (Fsp3) is 0.385. The van der Waals surface area contributed by atoms with E-state index in [0.717, 1.165) is 9.78 Å². The molecule has 1 saturated heterocycles. The van der Waals surface area contributed by atoms with Gasteiger partial charge in [0, 0.05) is 4.88 Å². The monoisotopic (exact) mass is 355 g/mol. The van der Waals surface area contributed by atoms with Crippen molar-refractivity contribution in [3.05, 3.63) is 22.4 Å². The summed E-state index contributed by atoms with van der Waals surface area (Å²) in [6.45, 7) is 0. The third-order valence-corrected chi connectivity index (χ3v) is 5.59. The molecular formula is C13H13N3O5S2. The minimum absolute atomic E-state index is 0.0928. The Morgan fingerprint density at radius 1 is 1.48 bits per heavy atom. The van der Waals surface area contributed by atoms with Crippen molar-refractivity contribution >= 4 is 46.8 Å². The van der Waals surface area contributed by atoms with Gasteiger partial charge in [0.15, 0.2) is 5.90 Å². The second kappa shape index (κ2) is 6.20. The molecule has 2 aliphatic rings. The van der Waals surface area contributed by atoms with Crippen molar-refractivity contribution in [2.75, 3.05) is 5.75 Å². The molecule has 1 aromatic rings. The molecule has 10 heteroatoms. The Labute approximate surface area is 139 Å². The maximum absolute atomic E-state index is 12.2. The number of carbonyl (C=O) groups is 3. The average Bonchev–Trinajstić information content (AvgIpc) is 2.94. The summed E-state index contributed by atoms with van der Waals surface area (Å²) in [5.74, 6) is -2.36. The molecule has 1 aromatic heterocycles. The number of aliphatic carboxylic acids is 1. The Balaban J connectivity index is 1.68. The third kappa shape index (κ3) is 3.04. The summed E-state index contributed by atoms with van der Waals surface area (Å²) in [5.41, 5.74) is 0. The van der Waals surface area contributed by atoms with Gasteiger partial charge in [-0.15, -0.1) is 23.1 Å². The molecule has 0 aromatic carbocycles. The molecule has 2 unspecified atom stereocenters. The molecule has 0 spiro atoms. The van der Waals surface area contributed by atoms with Gasteiger partial charge >= 0.3 is 5.97 Å². The highest BCUT2D eigenvalue weighted by Gasteiger charge is 2.54. The summed E-state index contributed by atoms with van der Waals surface area (Å²) in [6, 6.07) is 2.86. The first-order valence-electron chi connectivity index (χ1n) is 6.71. The lowest BCUT2D eigenvalue weighted by Gasteiger charge is -2.46. The Bertz CT molecular complexity index is 675. The van der Waals surface area contributed by atoms with Crippen molar-refractivity contribution in [1.29, 1.82) is 0 Å². The number of carboxylic acids is 1. The highest BCUT2D eigenvalue weighted by atomic mass is 32.2. The quantitative estimate of drug-likeness (QED) is 0.657. The van der Waals surface area contributed by atoms with E-state index in [-0.39, 0.29) is 24.0 Å². The van der Waals surface area contributed by atoms with Crippen molar-refractivity contribution in [2.24, 2.45) is 4.99 Å². The molecule has 8 nitrogen and oxygen atoms in total. The number of β-lactam (4-membered cyclic amide) rings is 1. The molecule has 0 radical (unpaired) electrons. The van der Waals surface area contributed by atoms with Gasteiger partial charge < -0.3 is 15.5 Å². The highest BCUT2D eigenvalue weighted by Crippen LogP contribution is 2.34. The summed E-state index contributed by atoms with van der Waals surface area (Å²) >= 11 is 2.62. The first-order valence-corrected chi connectivity index (χ1v) is 8.64. The number of hydrogen-bond acceptors (Lipinski definition) is 6. The fourth-order valence-corrected chi connectivity index (χ4v) is 4.28. The molecule has 3 N–H and O–H groups in total. The topological polar surface area (TPSA) is 119 Å². The normalized spacial score (nSPS) is 26.6. The van der Waals surface area contributed by atoms with Crippen molar-refractivity contribution in [1.82, 2.24) is 10.2 Å². The molecule has 0 aliphatic carbocycles. The zero-order valence-electron chi connectivity index (χ0n) is 11.7. The van der Waals surface area contributed by atoms with Crippen LogP contribution in [0, 0.1) is 0 Å². The van der Waals surface area contributed by atoms with Crippen molar-refractivity contribution in [3.8, 4) is 0 Å². The molecule has 3 heterocycles. The van der Waals surface area contributed by atoms with Gasteiger partial charge in [-0.25, -0.2) is 9.79 Å². The molecule has 2 amide bonds. The maximum atomic E-state index is 12.2. The zero-order valence-corrected chi connectivity index (χ0v) is 13.3. The highest BCUT2D eigenvalue weighted by molar-refractivity contribution is 8.00. The van der Waals surface area contributed by atoms with E-state index in [1.54, 1.807) is 0 Å². The predicted octanol–water partition coefficient (Wildman–Crippen LogP) is 0.0577. The number of nitrogens with one attached hydrogen (secondary N) is 1. The van der Waals surface area contributed by atoms with Crippen LogP contribution < -0.4 is 5.32 Å². The van der Waals surface area contributed by atoms with Crippen LogP contribution in [0.15, 0.2) is 22.5 Å². The smallest absolute Gasteiger partial charge is 0.349 e. The third-order valence-electron chi connectivity index (χ3n) is 3.45. The second-order valence-electron chi connectivity index (χ2n) is 5.01. The van der Waals surface area contributed by atoms with Crippen LogP contribution in [-0.2, 0) is 20.8 Å². The summed E-state index contributed by atoms with van der Waals surface area (Å²) in [7, 11) is 0. The number of fused-ring (bicyclic) bond motifs is 1. The summed E-state index contributed by atoms with van der Waals surface area (Å²) in [4.78, 5) is 41.0. The van der Waals surface area contributed by atoms with Gasteiger partial charge in [-0.2, -0.15) is 0 Å². The van der Waals surface area contributed by atoms with Crippen LogP contribution in [0.25, 0.3) is 0 Å². The molecule has 0 saturated carbocycles. The van der Waals surface area contributed by atoms with Gasteiger partial charge in [-0.1, -0.05) is 6.07 Å². The Morgan fingerprint density at radius 2 is 2.26 bits per heavy atom. The number of aliphatic hydroxyl groups is 1. The number of rotatable bonds is 4. The van der Waals surface area contributed by atoms with Crippen molar-refractivity contribution in [2.45, 2.75) is 24.0 Å². The van der Waals surface area contributed by atoms with E-state index in [0.29, 0.717) is 0 Å². The average molecular weight is 355 g/mol. The molecule has 3 atom stereocenters. The van der Waals surface area contributed by atoms with E-state index in [2.05, 4.69) is 10.3 Å². The van der Waals surface area contributed by atoms with Crippen molar-refractivity contribution < 1.29 is 24.6 Å². The zero-order chi connectivity index (χ0) is 16.6. The number of carbonyl (C=O) groups excluding carboxylic acids is 2. The summed E-state index contributed by atoms with van der Waals surface area (Å²) in [5, 5.41) is 22.6. The molecule has 2 aliphatic heterocycles. The van der Waals surface area contributed by atoms with Gasteiger partial charge in [0.2, 0.25) is 12.1 Å². The lowest BCUT2D eigenvalue weighted by atomic mass is 10.1. The standard InChI is InChI=1S/C13H13N3O5S2/c17-7(4-6-2-1-3-22-6)14-9-11(19)16-10(13(20)21)15-8(18)5-23-12(9)16/h1-3,9-10,12H,4-5H2,(H,14,17)(H,15,18)(H,20,21)/t9?,10-,12?/m1/s1. The van der Waals surface area contributed by atoms with Crippen LogP contribution in [0.2, 0.25) is 0 Å². The second-order valence-corrected chi connectivity index (χ2v) is 7.14. The summed E-state index contributed by atoms with van der Waals surface area (Å²) < 4.78 is 0. The number of aliphatic hydroxyl groups excluding tert-OH is 1. The van der Waals surface area contributed by atoms with E-state index in [1.807, 2.05) is 17.5 Å². The molecule has 122 valence electrons. The minimum atomic E-state index is -1.45. The summed E-state index contributed by atoms with van der Waals surface area (Å²) in [6.07, 6.45) is -1.28. The van der Waals surface area contributed by atoms with Crippen LogP contribution in [-0.4, -0.2) is 62.1 Å². The number of nitrogens with zero attached hydrogens (tertiary/aromatic N) is 2. The molecular weight excluding hydrogens is 342 g/mol. The van der Waals surface area contributed by atoms with Crippen LogP contribution in [0.4, 0.5) is 0 Å². The van der Waals surface area contributed by atoms with Crippen LogP contribution in [0.3, 0.4) is 0 Å². The van der Waals surface area contributed by atoms with Gasteiger partial charge in [0.25, 0.3) is 5.91 Å². The van der Waals surface area contributed by atoms with E-state index in [1.165, 1.54) is 23.1 Å². The van der Waals surface area contributed by atoms with Crippen molar-refractivity contribution in [3.63, 3.8) is 0 Å². The van der Waals surface area contributed by atoms with E-state index in [9.17, 15) is 19.5 Å². The first-order chi connectivity index (χ1) is 11.0. The molecule has 3 rings (SSSR count). The van der Waals surface area contributed by atoms with E-state index in [4.69, 9.17) is 5.11 Å². The van der Waals surface area contributed by atoms with Crippen LogP contribution in [0.5, 0.6) is 0 Å². The maximum Gasteiger partial charge on any atom is 0.349 e. The molecule has 23 heavy (non-hydrogen) atoms. The molecule has 0 bridgehead atoms. The van der Waals surface area contributed by atoms with Gasteiger partial charge in [-0.3, -0.25) is 14.5 Å². The van der Waals surface area contributed by atoms with E-state index >= 15 is 0 Å². The Morgan fingerprint density at radius 3 is 2.91 bits per heavy atom. The van der Waals surface area contributed by atoms with Gasteiger partial charge in [0.1, 0.15) is 11.4 Å². The predicted molar refractivity (Wildman–Crippen MR) is 84.5 cm³/mol. The Hall–Kier alpha value is -2.07. The lowest BCUT2D eigenvalue weighted by molar-refractivity contribution is -0.161. The SMILES string of the molecule is O=C(Cc1cccs1)NC1C(=O)N2C1SCC(O)=N[C@H]2C(=O)O. The number of aliphatic imine (C=N–C) groups is 1. The minimum Gasteiger partial charge on any atom is -0.496 e. The number of carboxylic acid groups (broad SMARTS) is 1. The van der Waals surface area contributed by atoms with Crippen LogP contribution >= 0.6 is 23.1 Å². The Kier molecular flexibility index (Phi) is 4.26. The fourth-order valence-electron chi connectivity index (χ4n) is 2.43. The number of hydrogen-bond donors (Lipinski definition) is 3. The van der Waals surface area contributed by atoms with Gasteiger partial charge in [0.05, 0.1) is 12.2 Å². The first kappa shape index (κ1) is 15.8. The number of amides is 2. The molecule has 1 fully saturated rings. The van der Waals surface area contributed by atoms with Gasteiger partial charge in [-0.05, 0) is 11.4 Å². The largest absolute Gasteiger partial charge is 0.496 e. The van der Waals surface area contributed by atoms with E-state index < -0.39 is 29.5 Å². The lowest BCUT2D eigenvalue weighted by Crippen LogP contribution is -2.72. The number of thioether (sulfide) groups is 1. The number of thiophene rings is 1.